The van der Waals surface area contributed by atoms with E-state index in [1.54, 1.807) is 0 Å². The number of pyridine rings is 1. The molecule has 0 atom stereocenters. The van der Waals surface area contributed by atoms with Gasteiger partial charge < -0.3 is 10.8 Å². The fourth-order valence-corrected chi connectivity index (χ4v) is 1.08. The molecule has 1 aromatic heterocycles. The van der Waals surface area contributed by atoms with Gasteiger partial charge in [0.25, 0.3) is 6.43 Å². The molecule has 1 rings (SSSR count). The Morgan fingerprint density at radius 3 is 2.64 bits per heavy atom. The SMILES string of the molecule is Nc1cc(Cl)c(C(F)F)nc1C(=O)O. The number of nitrogens with zero attached hydrogens (tertiary/aromatic N) is 1. The average molecular weight is 223 g/mol. The molecular formula is C7H5ClF2N2O2. The Morgan fingerprint density at radius 2 is 2.21 bits per heavy atom. The summed E-state index contributed by atoms with van der Waals surface area (Å²) in [5.41, 5.74) is 3.58. The van der Waals surface area contributed by atoms with Crippen molar-refractivity contribution in [3.63, 3.8) is 0 Å². The van der Waals surface area contributed by atoms with Crippen molar-refractivity contribution in [3.8, 4) is 0 Å². The number of halogens is 3. The molecule has 0 saturated carbocycles. The van der Waals surface area contributed by atoms with Crippen LogP contribution in [0.1, 0.15) is 22.6 Å². The maximum Gasteiger partial charge on any atom is 0.356 e. The second-order valence-corrected chi connectivity index (χ2v) is 2.81. The normalized spacial score (nSPS) is 10.6. The molecule has 0 radical (unpaired) electrons. The molecular weight excluding hydrogens is 218 g/mol. The lowest BCUT2D eigenvalue weighted by atomic mass is 10.2. The number of carboxylic acid groups (broad SMARTS) is 1. The first-order valence-electron chi connectivity index (χ1n) is 3.41. The van der Waals surface area contributed by atoms with Crippen LogP contribution in [0, 0.1) is 0 Å². The van der Waals surface area contributed by atoms with E-state index in [1.165, 1.54) is 0 Å². The fraction of sp³-hybridized carbons (Fsp3) is 0.143. The van der Waals surface area contributed by atoms with Crippen LogP contribution in [-0.4, -0.2) is 16.1 Å². The molecule has 0 fully saturated rings. The van der Waals surface area contributed by atoms with Crippen molar-refractivity contribution in [1.82, 2.24) is 4.98 Å². The molecule has 1 aromatic rings. The summed E-state index contributed by atoms with van der Waals surface area (Å²) in [6, 6.07) is 0.944. The number of alkyl halides is 2. The molecule has 0 saturated heterocycles. The molecule has 14 heavy (non-hydrogen) atoms. The van der Waals surface area contributed by atoms with Gasteiger partial charge in [0.05, 0.1) is 10.7 Å². The molecule has 0 aromatic carbocycles. The van der Waals surface area contributed by atoms with Crippen LogP contribution in [0.5, 0.6) is 0 Å². The maximum absolute atomic E-state index is 12.2. The molecule has 3 N–H and O–H groups in total. The third-order valence-electron chi connectivity index (χ3n) is 1.44. The van der Waals surface area contributed by atoms with E-state index in [9.17, 15) is 13.6 Å². The van der Waals surface area contributed by atoms with Crippen LogP contribution >= 0.6 is 11.6 Å². The standard InChI is InChI=1S/C7H5ClF2N2O2/c8-2-1-3(11)5(7(13)14)12-4(2)6(9)10/h1,6H,11H2,(H,13,14). The number of aromatic carboxylic acids is 1. The Bertz CT molecular complexity index is 384. The van der Waals surface area contributed by atoms with Gasteiger partial charge in [0.2, 0.25) is 0 Å². The highest BCUT2D eigenvalue weighted by Crippen LogP contribution is 2.27. The van der Waals surface area contributed by atoms with Crippen LogP contribution < -0.4 is 5.73 Å². The molecule has 0 aliphatic heterocycles. The summed E-state index contributed by atoms with van der Waals surface area (Å²) in [6.07, 6.45) is -2.93. The van der Waals surface area contributed by atoms with Gasteiger partial charge in [0.1, 0.15) is 5.69 Å². The van der Waals surface area contributed by atoms with Gasteiger partial charge in [0.15, 0.2) is 5.69 Å². The van der Waals surface area contributed by atoms with Gasteiger partial charge >= 0.3 is 5.97 Å². The minimum atomic E-state index is -2.93. The Morgan fingerprint density at radius 1 is 1.64 bits per heavy atom. The van der Waals surface area contributed by atoms with Crippen LogP contribution in [0.15, 0.2) is 6.07 Å². The van der Waals surface area contributed by atoms with Gasteiger partial charge in [0, 0.05) is 0 Å². The minimum Gasteiger partial charge on any atom is -0.476 e. The molecule has 0 bridgehead atoms. The number of nitrogen functional groups attached to an aromatic ring is 1. The molecule has 0 spiro atoms. The predicted molar refractivity (Wildman–Crippen MR) is 45.6 cm³/mol. The Balaban J connectivity index is 3.34. The van der Waals surface area contributed by atoms with E-state index in [4.69, 9.17) is 22.4 Å². The smallest absolute Gasteiger partial charge is 0.356 e. The van der Waals surface area contributed by atoms with E-state index in [0.717, 1.165) is 6.07 Å². The van der Waals surface area contributed by atoms with Gasteiger partial charge in [-0.15, -0.1) is 0 Å². The van der Waals surface area contributed by atoms with E-state index in [-0.39, 0.29) is 10.7 Å². The molecule has 1 heterocycles. The van der Waals surface area contributed by atoms with Crippen LogP contribution in [-0.2, 0) is 0 Å². The molecule has 76 valence electrons. The van der Waals surface area contributed by atoms with Gasteiger partial charge in [-0.3, -0.25) is 0 Å². The summed E-state index contributed by atoms with van der Waals surface area (Å²) in [7, 11) is 0. The van der Waals surface area contributed by atoms with Crippen LogP contribution in [0.3, 0.4) is 0 Å². The highest BCUT2D eigenvalue weighted by molar-refractivity contribution is 6.31. The molecule has 0 aliphatic carbocycles. The molecule has 0 amide bonds. The number of anilines is 1. The lowest BCUT2D eigenvalue weighted by Crippen LogP contribution is -2.08. The van der Waals surface area contributed by atoms with Gasteiger partial charge in [-0.05, 0) is 6.07 Å². The van der Waals surface area contributed by atoms with Crippen molar-refractivity contribution in [1.29, 1.82) is 0 Å². The number of rotatable bonds is 2. The minimum absolute atomic E-state index is 0.244. The van der Waals surface area contributed by atoms with E-state index >= 15 is 0 Å². The topological polar surface area (TPSA) is 76.2 Å². The molecule has 4 nitrogen and oxygen atoms in total. The van der Waals surface area contributed by atoms with Crippen molar-refractivity contribution in [2.75, 3.05) is 5.73 Å². The number of hydrogen-bond acceptors (Lipinski definition) is 3. The lowest BCUT2D eigenvalue weighted by Gasteiger charge is -2.05. The van der Waals surface area contributed by atoms with Crippen LogP contribution in [0.2, 0.25) is 5.02 Å². The third-order valence-corrected chi connectivity index (χ3v) is 1.74. The quantitative estimate of drug-likeness (QED) is 0.802. The number of aromatic nitrogens is 1. The fourth-order valence-electron chi connectivity index (χ4n) is 0.842. The third kappa shape index (κ3) is 1.90. The summed E-state index contributed by atoms with van der Waals surface area (Å²) in [6.45, 7) is 0. The Labute approximate surface area is 82.3 Å². The number of hydrogen-bond donors (Lipinski definition) is 2. The number of carbonyl (C=O) groups is 1. The first kappa shape index (κ1) is 10.6. The summed E-state index contributed by atoms with van der Waals surface area (Å²) in [4.78, 5) is 13.6. The first-order valence-corrected chi connectivity index (χ1v) is 3.78. The molecule has 0 aliphatic rings. The predicted octanol–water partition coefficient (Wildman–Crippen LogP) is 1.95. The average Bonchev–Trinajstić information content (AvgIpc) is 2.02. The van der Waals surface area contributed by atoms with Gasteiger partial charge in [-0.1, -0.05) is 11.6 Å². The molecule has 0 unspecified atom stereocenters. The Kier molecular flexibility index (Phi) is 2.85. The van der Waals surface area contributed by atoms with E-state index in [2.05, 4.69) is 4.98 Å². The van der Waals surface area contributed by atoms with Crippen molar-refractivity contribution >= 4 is 23.3 Å². The first-order chi connectivity index (χ1) is 6.43. The Hall–Kier alpha value is -1.43. The van der Waals surface area contributed by atoms with Crippen molar-refractivity contribution in [3.05, 3.63) is 22.5 Å². The summed E-state index contributed by atoms with van der Waals surface area (Å²) in [5.74, 6) is -1.47. The monoisotopic (exact) mass is 222 g/mol. The van der Waals surface area contributed by atoms with E-state index in [1.807, 2.05) is 0 Å². The van der Waals surface area contributed by atoms with Crippen LogP contribution in [0.4, 0.5) is 14.5 Å². The van der Waals surface area contributed by atoms with Crippen molar-refractivity contribution in [2.24, 2.45) is 0 Å². The second kappa shape index (κ2) is 3.75. The van der Waals surface area contributed by atoms with Crippen molar-refractivity contribution in [2.45, 2.75) is 6.43 Å². The zero-order valence-electron chi connectivity index (χ0n) is 6.67. The summed E-state index contributed by atoms with van der Waals surface area (Å²) in [5, 5.41) is 8.19. The van der Waals surface area contributed by atoms with E-state index in [0.29, 0.717) is 0 Å². The largest absolute Gasteiger partial charge is 0.476 e. The summed E-state index contributed by atoms with van der Waals surface area (Å²) >= 11 is 5.39. The van der Waals surface area contributed by atoms with Crippen molar-refractivity contribution < 1.29 is 18.7 Å². The van der Waals surface area contributed by atoms with Gasteiger partial charge in [-0.25, -0.2) is 18.6 Å². The zero-order valence-corrected chi connectivity index (χ0v) is 7.42. The van der Waals surface area contributed by atoms with Gasteiger partial charge in [-0.2, -0.15) is 0 Å². The number of nitrogens with two attached hydrogens (primary N) is 1. The maximum atomic E-state index is 12.2. The summed E-state index contributed by atoms with van der Waals surface area (Å²) < 4.78 is 24.4. The highest BCUT2D eigenvalue weighted by atomic mass is 35.5. The van der Waals surface area contributed by atoms with E-state index < -0.39 is 23.8 Å². The molecule has 7 heteroatoms. The highest BCUT2D eigenvalue weighted by Gasteiger charge is 2.19. The number of carboxylic acids is 1. The lowest BCUT2D eigenvalue weighted by molar-refractivity contribution is 0.0690. The zero-order chi connectivity index (χ0) is 10.9. The second-order valence-electron chi connectivity index (χ2n) is 2.40. The van der Waals surface area contributed by atoms with Crippen LogP contribution in [0.25, 0.3) is 0 Å².